The van der Waals surface area contributed by atoms with Gasteiger partial charge in [-0.2, -0.15) is 0 Å². The first kappa shape index (κ1) is 17.4. The minimum absolute atomic E-state index is 0.0533. The predicted octanol–water partition coefficient (Wildman–Crippen LogP) is 2.46. The Bertz CT molecular complexity index is 1080. The van der Waals surface area contributed by atoms with Crippen molar-refractivity contribution in [1.29, 1.82) is 0 Å². The zero-order valence-corrected chi connectivity index (χ0v) is 15.5. The monoisotopic (exact) mass is 358 g/mol. The smallest absolute Gasteiger partial charge is 0.261 e. The molecule has 3 aromatic rings. The summed E-state index contributed by atoms with van der Waals surface area (Å²) in [5, 5.41) is 0.658. The van der Waals surface area contributed by atoms with E-state index in [1.54, 1.807) is 6.20 Å². The summed E-state index contributed by atoms with van der Waals surface area (Å²) in [6.07, 6.45) is 3.65. The Morgan fingerprint density at radius 3 is 2.85 bits per heavy atom. The number of rotatable bonds is 2. The van der Waals surface area contributed by atoms with Gasteiger partial charge in [0.05, 0.1) is 10.9 Å². The molecule has 3 heterocycles. The average molecular weight is 358 g/mol. The van der Waals surface area contributed by atoms with E-state index in [1.165, 1.54) is 0 Å². The lowest BCUT2D eigenvalue weighted by Crippen LogP contribution is -2.29. The van der Waals surface area contributed by atoms with Crippen molar-refractivity contribution in [2.45, 2.75) is 26.3 Å². The highest BCUT2D eigenvalue weighted by atomic mass is 16.1. The van der Waals surface area contributed by atoms with Gasteiger partial charge in [-0.1, -0.05) is 18.9 Å². The molecule has 1 aliphatic heterocycles. The summed E-state index contributed by atoms with van der Waals surface area (Å²) in [7, 11) is 0. The number of benzene rings is 1. The molecule has 5 nitrogen and oxygen atoms in total. The van der Waals surface area contributed by atoms with Crippen LogP contribution in [0.25, 0.3) is 10.9 Å². The van der Waals surface area contributed by atoms with E-state index in [-0.39, 0.29) is 5.56 Å². The van der Waals surface area contributed by atoms with E-state index < -0.39 is 0 Å². The number of nitrogens with zero attached hydrogens (tertiary/aromatic N) is 4. The zero-order valence-electron chi connectivity index (χ0n) is 15.5. The molecule has 1 aliphatic rings. The third kappa shape index (κ3) is 3.76. The second-order valence-electron chi connectivity index (χ2n) is 6.77. The van der Waals surface area contributed by atoms with Crippen molar-refractivity contribution in [3.05, 3.63) is 70.0 Å². The Kier molecular flexibility index (Phi) is 4.99. The molecule has 0 fully saturated rings. The molecule has 0 saturated carbocycles. The van der Waals surface area contributed by atoms with Crippen LogP contribution in [0.3, 0.4) is 0 Å². The van der Waals surface area contributed by atoms with Crippen LogP contribution in [0.2, 0.25) is 0 Å². The number of fused-ring (bicyclic) bond motifs is 2. The number of hydrogen-bond acceptors (Lipinski definition) is 4. The Morgan fingerprint density at radius 2 is 2.04 bits per heavy atom. The van der Waals surface area contributed by atoms with Gasteiger partial charge in [0.15, 0.2) is 0 Å². The van der Waals surface area contributed by atoms with Crippen molar-refractivity contribution in [2.75, 3.05) is 19.6 Å². The van der Waals surface area contributed by atoms with E-state index in [0.717, 1.165) is 55.1 Å². The number of aromatic nitrogens is 3. The minimum Gasteiger partial charge on any atom is -0.301 e. The summed E-state index contributed by atoms with van der Waals surface area (Å²) >= 11 is 0. The van der Waals surface area contributed by atoms with Crippen LogP contribution in [0, 0.1) is 11.8 Å². The molecular formula is C22H22N4O. The molecule has 0 bridgehead atoms. The van der Waals surface area contributed by atoms with Gasteiger partial charge < -0.3 is 4.90 Å². The highest BCUT2D eigenvalue weighted by molar-refractivity contribution is 5.79. The van der Waals surface area contributed by atoms with Gasteiger partial charge in [-0.3, -0.25) is 9.36 Å². The first-order valence-corrected chi connectivity index (χ1v) is 9.43. The number of hydrogen-bond donors (Lipinski definition) is 0. The fourth-order valence-corrected chi connectivity index (χ4v) is 3.49. The van der Waals surface area contributed by atoms with Crippen molar-refractivity contribution < 1.29 is 0 Å². The van der Waals surface area contributed by atoms with Crippen molar-refractivity contribution in [3.8, 4) is 11.8 Å². The van der Waals surface area contributed by atoms with Crippen LogP contribution in [0.4, 0.5) is 0 Å². The van der Waals surface area contributed by atoms with Gasteiger partial charge >= 0.3 is 0 Å². The molecule has 1 aromatic carbocycles. The Balaban J connectivity index is 1.70. The number of pyridine rings is 1. The van der Waals surface area contributed by atoms with Crippen LogP contribution < -0.4 is 5.56 Å². The Morgan fingerprint density at radius 1 is 1.11 bits per heavy atom. The summed E-state index contributed by atoms with van der Waals surface area (Å²) in [4.78, 5) is 24.4. The molecule has 0 radical (unpaired) electrons. The predicted molar refractivity (Wildman–Crippen MR) is 107 cm³/mol. The maximum Gasteiger partial charge on any atom is 0.261 e. The molecular weight excluding hydrogens is 336 g/mol. The topological polar surface area (TPSA) is 51.0 Å². The van der Waals surface area contributed by atoms with Crippen LogP contribution in [0.1, 0.15) is 30.4 Å². The van der Waals surface area contributed by atoms with E-state index in [2.05, 4.69) is 28.6 Å². The van der Waals surface area contributed by atoms with Gasteiger partial charge in [0, 0.05) is 37.8 Å². The van der Waals surface area contributed by atoms with Gasteiger partial charge in [-0.25, -0.2) is 9.97 Å². The zero-order chi connectivity index (χ0) is 18.6. The minimum atomic E-state index is 0.0533. The third-order valence-electron chi connectivity index (χ3n) is 4.87. The van der Waals surface area contributed by atoms with Gasteiger partial charge in [-0.15, -0.1) is 0 Å². The van der Waals surface area contributed by atoms with Gasteiger partial charge in [0.25, 0.3) is 5.56 Å². The lowest BCUT2D eigenvalue weighted by Gasteiger charge is -2.17. The van der Waals surface area contributed by atoms with E-state index in [9.17, 15) is 4.79 Å². The van der Waals surface area contributed by atoms with Crippen LogP contribution in [-0.4, -0.2) is 39.1 Å². The van der Waals surface area contributed by atoms with Crippen molar-refractivity contribution in [2.24, 2.45) is 0 Å². The van der Waals surface area contributed by atoms with Gasteiger partial charge in [0.1, 0.15) is 11.5 Å². The highest BCUT2D eigenvalue weighted by Crippen LogP contribution is 2.14. The maximum absolute atomic E-state index is 12.9. The molecule has 27 heavy (non-hydrogen) atoms. The highest BCUT2D eigenvalue weighted by Gasteiger charge is 2.17. The normalized spacial score (nSPS) is 14.3. The first-order chi connectivity index (χ1) is 13.2. The van der Waals surface area contributed by atoms with E-state index in [1.807, 2.05) is 41.0 Å². The van der Waals surface area contributed by atoms with Crippen LogP contribution in [0.5, 0.6) is 0 Å². The Labute approximate surface area is 158 Å². The van der Waals surface area contributed by atoms with Crippen molar-refractivity contribution in [1.82, 2.24) is 19.4 Å². The van der Waals surface area contributed by atoms with E-state index in [0.29, 0.717) is 11.9 Å². The molecule has 2 aromatic heterocycles. The van der Waals surface area contributed by atoms with Crippen molar-refractivity contribution in [3.63, 3.8) is 0 Å². The van der Waals surface area contributed by atoms with Crippen molar-refractivity contribution >= 4 is 10.9 Å². The Hall–Kier alpha value is -2.97. The van der Waals surface area contributed by atoms with E-state index in [4.69, 9.17) is 4.98 Å². The second kappa shape index (κ2) is 7.73. The summed E-state index contributed by atoms with van der Waals surface area (Å²) in [6, 6.07) is 11.3. The summed E-state index contributed by atoms with van der Waals surface area (Å²) in [5.41, 5.74) is 2.34. The van der Waals surface area contributed by atoms with E-state index >= 15 is 0 Å². The molecule has 0 spiro atoms. The fraction of sp³-hybridized carbons (Fsp3) is 0.318. The molecule has 0 amide bonds. The maximum atomic E-state index is 12.9. The second-order valence-corrected chi connectivity index (χ2v) is 6.77. The summed E-state index contributed by atoms with van der Waals surface area (Å²) < 4.78 is 1.84. The molecule has 5 heteroatoms. The van der Waals surface area contributed by atoms with Crippen LogP contribution >= 0.6 is 0 Å². The third-order valence-corrected chi connectivity index (χ3v) is 4.87. The lowest BCUT2D eigenvalue weighted by molar-refractivity contribution is 0.280. The summed E-state index contributed by atoms with van der Waals surface area (Å²) in [6.45, 7) is 5.81. The SMILES string of the molecule is CCCN1CCc2nc3cc(C#Cc4ccccn4)ccc3c(=O)n2CC1. The molecule has 0 saturated heterocycles. The fourth-order valence-electron chi connectivity index (χ4n) is 3.49. The summed E-state index contributed by atoms with van der Waals surface area (Å²) in [5.74, 6) is 7.05. The molecule has 4 rings (SSSR count). The van der Waals surface area contributed by atoms with Crippen LogP contribution in [0.15, 0.2) is 47.4 Å². The average Bonchev–Trinajstić information content (AvgIpc) is 2.90. The van der Waals surface area contributed by atoms with Gasteiger partial charge in [-0.05, 0) is 49.2 Å². The van der Waals surface area contributed by atoms with Crippen LogP contribution in [-0.2, 0) is 13.0 Å². The first-order valence-electron chi connectivity index (χ1n) is 9.43. The quantitative estimate of drug-likeness (QED) is 0.661. The molecule has 0 unspecified atom stereocenters. The van der Waals surface area contributed by atoms with Gasteiger partial charge in [0.2, 0.25) is 0 Å². The molecule has 0 N–H and O–H groups in total. The lowest BCUT2D eigenvalue weighted by atomic mass is 10.1. The molecule has 136 valence electrons. The molecule has 0 aliphatic carbocycles. The standard InChI is InChI=1S/C22H22N4O/c1-2-12-25-13-10-21-24-20-16-17(6-8-18-5-3-4-11-23-18)7-9-19(20)22(27)26(21)15-14-25/h3-5,7,9,11,16H,2,10,12-15H2,1H3. The molecule has 0 atom stereocenters. The largest absolute Gasteiger partial charge is 0.301 e.